The van der Waals surface area contributed by atoms with Gasteiger partial charge in [0.1, 0.15) is 12.9 Å². The highest BCUT2D eigenvalue weighted by Gasteiger charge is 2.34. The lowest BCUT2D eigenvalue weighted by Gasteiger charge is -2.37. The fourth-order valence-electron chi connectivity index (χ4n) is 5.62. The van der Waals surface area contributed by atoms with Crippen LogP contribution in [-0.4, -0.2) is 98.8 Å². The highest BCUT2D eigenvalue weighted by atomic mass is 16.6. The average Bonchev–Trinajstić information content (AvgIpc) is 3.35. The molecule has 0 aliphatic heterocycles. The molecule has 48 heavy (non-hydrogen) atoms. The molecule has 1 aliphatic rings. The normalized spacial score (nSPS) is 16.0. The van der Waals surface area contributed by atoms with E-state index < -0.39 is 24.2 Å². The van der Waals surface area contributed by atoms with E-state index in [0.717, 1.165) is 35.0 Å². The van der Waals surface area contributed by atoms with E-state index in [9.17, 15) is 19.2 Å². The number of allylic oxidation sites excluding steroid dienone is 4. The van der Waals surface area contributed by atoms with Crippen molar-refractivity contribution in [2.75, 3.05) is 41.4 Å². The maximum atomic E-state index is 12.4. The number of carbonyl (C=O) groups excluding carboxylic acids is 3. The van der Waals surface area contributed by atoms with E-state index in [1.807, 2.05) is 65.0 Å². The van der Waals surface area contributed by atoms with E-state index in [-0.39, 0.29) is 49.3 Å². The van der Waals surface area contributed by atoms with E-state index in [1.165, 1.54) is 18.4 Å². The van der Waals surface area contributed by atoms with Gasteiger partial charge in [-0.25, -0.2) is 4.79 Å². The number of benzene rings is 1. The van der Waals surface area contributed by atoms with Gasteiger partial charge in [0, 0.05) is 27.1 Å². The van der Waals surface area contributed by atoms with Crippen molar-refractivity contribution in [1.29, 1.82) is 0 Å². The summed E-state index contributed by atoms with van der Waals surface area (Å²) in [7, 11) is 6.49. The lowest BCUT2D eigenvalue weighted by atomic mass is 9.91. The number of aliphatic carboxylic acids is 1. The third-order valence-corrected chi connectivity index (χ3v) is 8.25. The summed E-state index contributed by atoms with van der Waals surface area (Å²) in [5.41, 5.74) is 4.41. The van der Waals surface area contributed by atoms with Crippen molar-refractivity contribution in [3.05, 3.63) is 65.8 Å². The number of ether oxygens (including phenoxy) is 2. The van der Waals surface area contributed by atoms with Crippen molar-refractivity contribution in [3.8, 4) is 0 Å². The fourth-order valence-corrected chi connectivity index (χ4v) is 5.62. The van der Waals surface area contributed by atoms with Gasteiger partial charge in [-0.2, -0.15) is 0 Å². The molecule has 0 saturated carbocycles. The highest BCUT2D eigenvalue weighted by molar-refractivity contribution is 5.86. The number of rotatable bonds is 16. The summed E-state index contributed by atoms with van der Waals surface area (Å²) in [6.07, 6.45) is 7.66. The SMILES string of the molecule is C=CC1=C(/C=C\C)C(COC(=O)N(C)C(C=O)C(C)C)c2ccccc21.CCC.CCC(C)C(C(CC(=O)O)OC)N(C)C(=O)CNC. The van der Waals surface area contributed by atoms with Crippen molar-refractivity contribution in [2.45, 2.75) is 91.8 Å². The fraction of sp³-hybridized carbons (Fsp3) is 0.579. The second-order valence-corrected chi connectivity index (χ2v) is 12.3. The molecule has 5 atom stereocenters. The van der Waals surface area contributed by atoms with Crippen molar-refractivity contribution in [1.82, 2.24) is 15.1 Å². The van der Waals surface area contributed by atoms with E-state index in [1.54, 1.807) is 26.0 Å². The Kier molecular flexibility index (Phi) is 21.7. The Balaban J connectivity index is 0.000000889. The molecule has 0 bridgehead atoms. The number of amides is 2. The lowest BCUT2D eigenvalue weighted by molar-refractivity contribution is -0.145. The van der Waals surface area contributed by atoms with Gasteiger partial charge in [0.2, 0.25) is 5.91 Å². The maximum absolute atomic E-state index is 12.4. The van der Waals surface area contributed by atoms with Crippen LogP contribution in [0, 0.1) is 11.8 Å². The third kappa shape index (κ3) is 13.0. The van der Waals surface area contributed by atoms with E-state index in [4.69, 9.17) is 14.6 Å². The summed E-state index contributed by atoms with van der Waals surface area (Å²) in [5.74, 6) is -0.838. The first-order valence-corrected chi connectivity index (χ1v) is 16.8. The summed E-state index contributed by atoms with van der Waals surface area (Å²) in [6.45, 7) is 18.4. The standard InChI is InChI=1S/C22H27NO3.C13H26N2O4.C3H8/c1-6-10-17-16(7-2)18-11-8-9-12-19(18)20(17)14-26-22(25)23(5)21(13-24)15(3)4;1-6-9(2)13(10(19-5)7-12(17)18)15(4)11(16)8-14-3;1-3-2/h6-13,15,20-21H,2,14H2,1,3-5H3;9-10,13-14H,6-8H2,1-5H3,(H,17,18);3H2,1-2H3/b10-6-;;. The minimum absolute atomic E-state index is 0.0307. The molecule has 1 aromatic carbocycles. The molecule has 2 amide bonds. The van der Waals surface area contributed by atoms with Crippen LogP contribution < -0.4 is 5.32 Å². The second kappa shape index (κ2) is 23.5. The average molecular weight is 672 g/mol. The Hall–Kier alpha value is -3.76. The molecule has 10 nitrogen and oxygen atoms in total. The monoisotopic (exact) mass is 671 g/mol. The van der Waals surface area contributed by atoms with Gasteiger partial charge in [0.05, 0.1) is 31.2 Å². The molecule has 0 radical (unpaired) electrons. The zero-order chi connectivity index (χ0) is 37.0. The predicted molar refractivity (Wildman–Crippen MR) is 194 cm³/mol. The van der Waals surface area contributed by atoms with Crippen molar-refractivity contribution >= 4 is 29.8 Å². The molecule has 2 N–H and O–H groups in total. The van der Waals surface area contributed by atoms with Gasteiger partial charge >= 0.3 is 12.1 Å². The number of carboxylic acid groups (broad SMARTS) is 1. The molecule has 0 heterocycles. The van der Waals surface area contributed by atoms with E-state index >= 15 is 0 Å². The zero-order valence-electron chi connectivity index (χ0n) is 31.1. The number of fused-ring (bicyclic) bond motifs is 1. The van der Waals surface area contributed by atoms with Gasteiger partial charge in [-0.3, -0.25) is 9.59 Å². The summed E-state index contributed by atoms with van der Waals surface area (Å²) >= 11 is 0. The van der Waals surface area contributed by atoms with Crippen LogP contribution in [0.5, 0.6) is 0 Å². The van der Waals surface area contributed by atoms with Crippen molar-refractivity contribution < 1.29 is 33.8 Å². The van der Waals surface area contributed by atoms with Crippen LogP contribution in [0.3, 0.4) is 0 Å². The van der Waals surface area contributed by atoms with E-state index in [0.29, 0.717) is 0 Å². The van der Waals surface area contributed by atoms with Crippen molar-refractivity contribution in [2.24, 2.45) is 11.8 Å². The quantitative estimate of drug-likeness (QED) is 0.189. The number of likely N-dealkylation sites (N-methyl/N-ethyl adjacent to an activating group) is 3. The van der Waals surface area contributed by atoms with E-state index in [2.05, 4.69) is 37.9 Å². The molecule has 2 rings (SSSR count). The van der Waals surface area contributed by atoms with Crippen LogP contribution in [0.4, 0.5) is 4.79 Å². The lowest BCUT2D eigenvalue weighted by Crippen LogP contribution is -2.51. The number of hydrogen-bond donors (Lipinski definition) is 2. The zero-order valence-corrected chi connectivity index (χ0v) is 31.1. The first kappa shape index (κ1) is 44.2. The topological polar surface area (TPSA) is 125 Å². The second-order valence-electron chi connectivity index (χ2n) is 12.3. The first-order valence-electron chi connectivity index (χ1n) is 16.8. The molecule has 0 fully saturated rings. The first-order chi connectivity index (χ1) is 22.8. The summed E-state index contributed by atoms with van der Waals surface area (Å²) in [4.78, 5) is 49.5. The molecule has 10 heteroatoms. The largest absolute Gasteiger partial charge is 0.481 e. The molecule has 270 valence electrons. The summed E-state index contributed by atoms with van der Waals surface area (Å²) < 4.78 is 10.9. The van der Waals surface area contributed by atoms with Gasteiger partial charge in [0.15, 0.2) is 0 Å². The minimum atomic E-state index is -0.922. The third-order valence-electron chi connectivity index (χ3n) is 8.25. The van der Waals surface area contributed by atoms with Gasteiger partial charge in [-0.15, -0.1) is 0 Å². The molecule has 1 aromatic rings. The Morgan fingerprint density at radius 2 is 1.69 bits per heavy atom. The number of carboxylic acids is 1. The van der Waals surface area contributed by atoms with Crippen LogP contribution in [0.2, 0.25) is 0 Å². The molecular formula is C38H61N3O7. The number of nitrogens with one attached hydrogen (secondary N) is 1. The van der Waals surface area contributed by atoms with Gasteiger partial charge in [-0.05, 0) is 48.1 Å². The molecule has 0 saturated heterocycles. The van der Waals surface area contributed by atoms with Crippen molar-refractivity contribution in [3.63, 3.8) is 0 Å². The Morgan fingerprint density at radius 3 is 2.15 bits per heavy atom. The number of carbonyl (C=O) groups is 4. The van der Waals surface area contributed by atoms with Crippen LogP contribution in [-0.2, 0) is 23.9 Å². The molecular weight excluding hydrogens is 610 g/mol. The van der Waals surface area contributed by atoms with Gasteiger partial charge in [-0.1, -0.05) is 103 Å². The molecule has 0 spiro atoms. The minimum Gasteiger partial charge on any atom is -0.481 e. The Bertz CT molecular complexity index is 1230. The number of hydrogen-bond acceptors (Lipinski definition) is 7. The van der Waals surface area contributed by atoms with Crippen LogP contribution >= 0.6 is 0 Å². The number of aldehydes is 1. The molecule has 5 unspecified atom stereocenters. The highest BCUT2D eigenvalue weighted by Crippen LogP contribution is 2.43. The van der Waals surface area contributed by atoms with Gasteiger partial charge < -0.3 is 34.5 Å². The van der Waals surface area contributed by atoms with Crippen LogP contribution in [0.1, 0.15) is 84.8 Å². The number of nitrogens with zero attached hydrogens (tertiary/aromatic N) is 2. The number of methoxy groups -OCH3 is 1. The van der Waals surface area contributed by atoms with Crippen LogP contribution in [0.25, 0.3) is 5.57 Å². The van der Waals surface area contributed by atoms with Crippen LogP contribution in [0.15, 0.2) is 54.6 Å². The molecule has 1 aliphatic carbocycles. The Labute approximate surface area is 289 Å². The van der Waals surface area contributed by atoms with Gasteiger partial charge in [0.25, 0.3) is 0 Å². The maximum Gasteiger partial charge on any atom is 0.410 e. The predicted octanol–water partition coefficient (Wildman–Crippen LogP) is 6.58. The Morgan fingerprint density at radius 1 is 1.08 bits per heavy atom. The smallest absolute Gasteiger partial charge is 0.410 e. The molecule has 0 aromatic heterocycles. The summed E-state index contributed by atoms with van der Waals surface area (Å²) in [6, 6.07) is 7.36. The summed E-state index contributed by atoms with van der Waals surface area (Å²) in [5, 5.41) is 11.8.